The van der Waals surface area contributed by atoms with E-state index in [0.29, 0.717) is 0 Å². The highest BCUT2D eigenvalue weighted by atomic mass is 16.5. The maximum atomic E-state index is 6.04. The van der Waals surface area contributed by atoms with E-state index in [-0.39, 0.29) is 5.41 Å². The predicted molar refractivity (Wildman–Crippen MR) is 71.6 cm³/mol. The molecule has 2 heteroatoms. The number of ether oxygens (including phenoxy) is 1. The molecule has 1 aliphatic rings. The summed E-state index contributed by atoms with van der Waals surface area (Å²) in [5, 5.41) is 0. The molecule has 17 heavy (non-hydrogen) atoms. The Morgan fingerprint density at radius 3 is 2.47 bits per heavy atom. The average molecular weight is 233 g/mol. The smallest absolute Gasteiger partial charge is 0.119 e. The fraction of sp³-hybridized carbons (Fsp3) is 0.600. The van der Waals surface area contributed by atoms with Crippen LogP contribution in [0, 0.1) is 0 Å². The molecule has 0 saturated heterocycles. The highest BCUT2D eigenvalue weighted by Crippen LogP contribution is 2.41. The van der Waals surface area contributed by atoms with E-state index in [9.17, 15) is 0 Å². The Morgan fingerprint density at radius 2 is 1.94 bits per heavy atom. The van der Waals surface area contributed by atoms with Crippen LogP contribution in [-0.2, 0) is 11.8 Å². The van der Waals surface area contributed by atoms with Crippen molar-refractivity contribution in [3.05, 3.63) is 29.3 Å². The molecule has 0 unspecified atom stereocenters. The van der Waals surface area contributed by atoms with Crippen LogP contribution in [0.1, 0.15) is 43.7 Å². The molecule has 1 saturated carbocycles. The van der Waals surface area contributed by atoms with Crippen LogP contribution in [0.25, 0.3) is 0 Å². The molecule has 94 valence electrons. The summed E-state index contributed by atoms with van der Waals surface area (Å²) in [5.74, 6) is 0.971. The Labute approximate surface area is 104 Å². The van der Waals surface area contributed by atoms with E-state index in [4.69, 9.17) is 10.5 Å². The molecule has 0 heterocycles. The number of hydrogen-bond donors (Lipinski definition) is 1. The molecule has 0 atom stereocenters. The summed E-state index contributed by atoms with van der Waals surface area (Å²) in [6, 6.07) is 6.63. The number of aryl methyl sites for hydroxylation is 1. The summed E-state index contributed by atoms with van der Waals surface area (Å²) in [6.45, 7) is 2.94. The third-order valence-electron chi connectivity index (χ3n) is 4.17. The molecule has 2 N–H and O–H groups in total. The lowest BCUT2D eigenvalue weighted by molar-refractivity contribution is 0.407. The Morgan fingerprint density at radius 1 is 1.24 bits per heavy atom. The van der Waals surface area contributed by atoms with Gasteiger partial charge in [0.05, 0.1) is 7.11 Å². The molecule has 0 aromatic heterocycles. The standard InChI is InChI=1S/C15H23NO/c1-3-12-8-13(10-14(9-12)17-2)15(11-16)6-4-5-7-15/h8-10H,3-7,11,16H2,1-2H3. The molecule has 0 aliphatic heterocycles. The third kappa shape index (κ3) is 2.32. The zero-order chi connectivity index (χ0) is 12.3. The van der Waals surface area contributed by atoms with Gasteiger partial charge in [0.15, 0.2) is 0 Å². The first-order valence-corrected chi connectivity index (χ1v) is 6.62. The first-order chi connectivity index (χ1) is 8.24. The van der Waals surface area contributed by atoms with Crippen molar-refractivity contribution in [2.75, 3.05) is 13.7 Å². The summed E-state index contributed by atoms with van der Waals surface area (Å²) in [4.78, 5) is 0. The SMILES string of the molecule is CCc1cc(OC)cc(C2(CN)CCCC2)c1. The summed E-state index contributed by atoms with van der Waals surface area (Å²) in [5.41, 5.74) is 8.98. The number of hydrogen-bond acceptors (Lipinski definition) is 2. The van der Waals surface area contributed by atoms with Gasteiger partial charge in [-0.25, -0.2) is 0 Å². The number of rotatable bonds is 4. The van der Waals surface area contributed by atoms with E-state index in [0.717, 1.165) is 18.7 Å². The predicted octanol–water partition coefficient (Wildman–Crippen LogP) is 3.03. The van der Waals surface area contributed by atoms with Crippen LogP contribution in [-0.4, -0.2) is 13.7 Å². The molecule has 0 amide bonds. The Bertz CT molecular complexity index is 358. The van der Waals surface area contributed by atoms with Gasteiger partial charge in [-0.3, -0.25) is 0 Å². The fourth-order valence-electron chi connectivity index (χ4n) is 2.95. The van der Waals surface area contributed by atoms with Crippen molar-refractivity contribution in [3.8, 4) is 5.75 Å². The second kappa shape index (κ2) is 5.09. The summed E-state index contributed by atoms with van der Waals surface area (Å²) in [6.07, 6.45) is 6.09. The van der Waals surface area contributed by atoms with Crippen LogP contribution in [0.4, 0.5) is 0 Å². The lowest BCUT2D eigenvalue weighted by Gasteiger charge is -2.28. The van der Waals surface area contributed by atoms with Gasteiger partial charge in [-0.1, -0.05) is 25.8 Å². The van der Waals surface area contributed by atoms with Gasteiger partial charge in [0.1, 0.15) is 5.75 Å². The van der Waals surface area contributed by atoms with Gasteiger partial charge in [-0.2, -0.15) is 0 Å². The van der Waals surface area contributed by atoms with Gasteiger partial charge in [0, 0.05) is 12.0 Å². The monoisotopic (exact) mass is 233 g/mol. The molecule has 0 radical (unpaired) electrons. The van der Waals surface area contributed by atoms with Crippen molar-refractivity contribution in [3.63, 3.8) is 0 Å². The molecule has 1 aromatic rings. The minimum atomic E-state index is 0.207. The van der Waals surface area contributed by atoms with Gasteiger partial charge in [0.2, 0.25) is 0 Å². The van der Waals surface area contributed by atoms with E-state index in [1.165, 1.54) is 36.8 Å². The van der Waals surface area contributed by atoms with Crippen molar-refractivity contribution in [2.45, 2.75) is 44.4 Å². The lowest BCUT2D eigenvalue weighted by atomic mass is 9.78. The van der Waals surface area contributed by atoms with Crippen molar-refractivity contribution >= 4 is 0 Å². The second-order valence-electron chi connectivity index (χ2n) is 5.11. The third-order valence-corrected chi connectivity index (χ3v) is 4.17. The van der Waals surface area contributed by atoms with E-state index in [1.807, 2.05) is 0 Å². The minimum Gasteiger partial charge on any atom is -0.497 e. The highest BCUT2D eigenvalue weighted by molar-refractivity contribution is 5.39. The van der Waals surface area contributed by atoms with Gasteiger partial charge in [-0.15, -0.1) is 0 Å². The number of benzene rings is 1. The Hall–Kier alpha value is -1.02. The van der Waals surface area contributed by atoms with Crippen molar-refractivity contribution in [2.24, 2.45) is 5.73 Å². The maximum absolute atomic E-state index is 6.04. The van der Waals surface area contributed by atoms with Crippen LogP contribution in [0.2, 0.25) is 0 Å². The number of methoxy groups -OCH3 is 1. The maximum Gasteiger partial charge on any atom is 0.119 e. The van der Waals surface area contributed by atoms with Crippen molar-refractivity contribution in [1.82, 2.24) is 0 Å². The van der Waals surface area contributed by atoms with E-state index in [1.54, 1.807) is 7.11 Å². The highest BCUT2D eigenvalue weighted by Gasteiger charge is 2.34. The first-order valence-electron chi connectivity index (χ1n) is 6.62. The molecule has 2 rings (SSSR count). The quantitative estimate of drug-likeness (QED) is 0.867. The topological polar surface area (TPSA) is 35.2 Å². The molecule has 0 spiro atoms. The van der Waals surface area contributed by atoms with Crippen molar-refractivity contribution in [1.29, 1.82) is 0 Å². The van der Waals surface area contributed by atoms with Crippen LogP contribution in [0.15, 0.2) is 18.2 Å². The van der Waals surface area contributed by atoms with Gasteiger partial charge in [-0.05, 0) is 42.5 Å². The van der Waals surface area contributed by atoms with Gasteiger partial charge >= 0.3 is 0 Å². The average Bonchev–Trinajstić information content (AvgIpc) is 2.88. The second-order valence-corrected chi connectivity index (χ2v) is 5.11. The van der Waals surface area contributed by atoms with Gasteiger partial charge < -0.3 is 10.5 Å². The first kappa shape index (κ1) is 12.4. The van der Waals surface area contributed by atoms with Crippen molar-refractivity contribution < 1.29 is 4.74 Å². The van der Waals surface area contributed by atoms with E-state index < -0.39 is 0 Å². The molecular formula is C15H23NO. The van der Waals surface area contributed by atoms with Crippen LogP contribution < -0.4 is 10.5 Å². The van der Waals surface area contributed by atoms with Crippen LogP contribution in [0.3, 0.4) is 0 Å². The Kier molecular flexibility index (Phi) is 3.72. The Balaban J connectivity index is 2.42. The van der Waals surface area contributed by atoms with E-state index in [2.05, 4.69) is 25.1 Å². The normalized spacial score (nSPS) is 18.3. The molecule has 1 fully saturated rings. The zero-order valence-corrected chi connectivity index (χ0v) is 11.0. The van der Waals surface area contributed by atoms with Crippen LogP contribution >= 0.6 is 0 Å². The molecule has 1 aliphatic carbocycles. The molecule has 1 aromatic carbocycles. The summed E-state index contributed by atoms with van der Waals surface area (Å²) < 4.78 is 5.41. The lowest BCUT2D eigenvalue weighted by Crippen LogP contribution is -2.32. The minimum absolute atomic E-state index is 0.207. The summed E-state index contributed by atoms with van der Waals surface area (Å²) in [7, 11) is 1.74. The number of nitrogens with two attached hydrogens (primary N) is 1. The molecule has 2 nitrogen and oxygen atoms in total. The largest absolute Gasteiger partial charge is 0.497 e. The van der Waals surface area contributed by atoms with E-state index >= 15 is 0 Å². The molecular weight excluding hydrogens is 210 g/mol. The zero-order valence-electron chi connectivity index (χ0n) is 11.0. The molecule has 0 bridgehead atoms. The fourth-order valence-corrected chi connectivity index (χ4v) is 2.95. The summed E-state index contributed by atoms with van der Waals surface area (Å²) >= 11 is 0. The van der Waals surface area contributed by atoms with Crippen LogP contribution in [0.5, 0.6) is 5.75 Å². The van der Waals surface area contributed by atoms with Gasteiger partial charge in [0.25, 0.3) is 0 Å².